The summed E-state index contributed by atoms with van der Waals surface area (Å²) < 4.78 is 32.9. The smallest absolute Gasteiger partial charge is 0.274 e. The molecule has 0 radical (unpaired) electrons. The van der Waals surface area contributed by atoms with Crippen LogP contribution in [0.1, 0.15) is 23.2 Å². The van der Waals surface area contributed by atoms with E-state index in [9.17, 15) is 23.1 Å². The van der Waals surface area contributed by atoms with Gasteiger partial charge in [0.2, 0.25) is 0 Å². The number of thiophene rings is 1. The van der Waals surface area contributed by atoms with Gasteiger partial charge in [0.05, 0.1) is 17.8 Å². The minimum absolute atomic E-state index is 0.00190. The van der Waals surface area contributed by atoms with E-state index in [2.05, 4.69) is 5.32 Å². The molecule has 2 aromatic rings. The van der Waals surface area contributed by atoms with Crippen molar-refractivity contribution in [3.63, 3.8) is 0 Å². The zero-order valence-electron chi connectivity index (χ0n) is 14.5. The molecule has 1 saturated carbocycles. The van der Waals surface area contributed by atoms with Gasteiger partial charge in [-0.15, -0.1) is 11.3 Å². The molecule has 2 heterocycles. The van der Waals surface area contributed by atoms with E-state index < -0.39 is 27.4 Å². The molecule has 11 heteroatoms. The molecule has 1 aliphatic carbocycles. The number of aliphatic hydroxyl groups is 1. The first kappa shape index (κ1) is 18.7. The second-order valence-electron chi connectivity index (χ2n) is 6.55. The molecule has 0 bridgehead atoms. The molecule has 0 atom stereocenters. The van der Waals surface area contributed by atoms with E-state index in [1.165, 1.54) is 4.31 Å². The number of rotatable bonds is 5. The fourth-order valence-corrected chi connectivity index (χ4v) is 5.78. The van der Waals surface area contributed by atoms with Gasteiger partial charge in [-0.05, 0) is 31.0 Å². The van der Waals surface area contributed by atoms with Gasteiger partial charge in [-0.2, -0.15) is 0 Å². The van der Waals surface area contributed by atoms with Crippen molar-refractivity contribution in [1.82, 2.24) is 0 Å². The molecule has 1 aliphatic heterocycles. The van der Waals surface area contributed by atoms with Crippen LogP contribution in [0.4, 0.5) is 10.7 Å². The fraction of sp³-hybridized carbons (Fsp3) is 0.294. The highest BCUT2D eigenvalue weighted by Gasteiger charge is 2.48. The summed E-state index contributed by atoms with van der Waals surface area (Å²) in [4.78, 5) is 23.9. The number of carbonyl (C=O) groups is 2. The van der Waals surface area contributed by atoms with E-state index in [4.69, 9.17) is 10.5 Å². The van der Waals surface area contributed by atoms with Crippen LogP contribution in [0, 0.1) is 0 Å². The number of anilines is 2. The number of nitrogens with zero attached hydrogens (tertiary/aromatic N) is 1. The normalized spacial score (nSPS) is 17.4. The van der Waals surface area contributed by atoms with Gasteiger partial charge in [0, 0.05) is 0 Å². The van der Waals surface area contributed by atoms with Crippen LogP contribution in [0.3, 0.4) is 0 Å². The number of nitrogens with two attached hydrogens (primary N) is 1. The molecule has 28 heavy (non-hydrogen) atoms. The number of ether oxygens (including phenoxy) is 1. The summed E-state index contributed by atoms with van der Waals surface area (Å²) in [6, 6.07) is 7.87. The van der Waals surface area contributed by atoms with Gasteiger partial charge < -0.3 is 20.9 Å². The Morgan fingerprint density at radius 3 is 2.68 bits per heavy atom. The number of hydrogen-bond donors (Lipinski definition) is 3. The third kappa shape index (κ3) is 3.11. The number of nitrogens with one attached hydrogen (secondary N) is 1. The van der Waals surface area contributed by atoms with E-state index in [0.29, 0.717) is 24.3 Å². The lowest BCUT2D eigenvalue weighted by Gasteiger charge is -2.29. The summed E-state index contributed by atoms with van der Waals surface area (Å²) in [6.07, 6.45) is 0.623. The zero-order valence-corrected chi connectivity index (χ0v) is 16.2. The number of para-hydroxylation sites is 2. The molecule has 9 nitrogen and oxygen atoms in total. The Labute approximate surface area is 164 Å². The molecule has 4 N–H and O–H groups in total. The Bertz CT molecular complexity index is 1070. The summed E-state index contributed by atoms with van der Waals surface area (Å²) in [7, 11) is -4.02. The fourth-order valence-electron chi connectivity index (χ4n) is 2.84. The van der Waals surface area contributed by atoms with Gasteiger partial charge in [0.25, 0.3) is 21.8 Å². The summed E-state index contributed by atoms with van der Waals surface area (Å²) >= 11 is 0.721. The molecule has 0 spiro atoms. The molecular weight excluding hydrogens is 406 g/mol. The van der Waals surface area contributed by atoms with E-state index in [1.54, 1.807) is 24.3 Å². The topological polar surface area (TPSA) is 139 Å². The molecule has 0 saturated heterocycles. The zero-order chi connectivity index (χ0) is 20.1. The van der Waals surface area contributed by atoms with E-state index >= 15 is 0 Å². The Morgan fingerprint density at radius 2 is 2.00 bits per heavy atom. The van der Waals surface area contributed by atoms with Crippen LogP contribution in [0.15, 0.2) is 34.5 Å². The second-order valence-corrected chi connectivity index (χ2v) is 9.69. The molecule has 4 rings (SSSR count). The molecule has 1 fully saturated rings. The van der Waals surface area contributed by atoms with E-state index in [0.717, 1.165) is 17.4 Å². The van der Waals surface area contributed by atoms with Crippen molar-refractivity contribution < 1.29 is 27.9 Å². The van der Waals surface area contributed by atoms with Crippen molar-refractivity contribution in [1.29, 1.82) is 0 Å². The van der Waals surface area contributed by atoms with Gasteiger partial charge in [0.1, 0.15) is 27.2 Å². The van der Waals surface area contributed by atoms with Crippen LogP contribution in [0.5, 0.6) is 5.75 Å². The summed E-state index contributed by atoms with van der Waals surface area (Å²) in [6.45, 7) is 0.283. The first-order valence-corrected chi connectivity index (χ1v) is 10.7. The predicted molar refractivity (Wildman–Crippen MR) is 102 cm³/mol. The molecule has 148 valence electrons. The highest BCUT2D eigenvalue weighted by molar-refractivity contribution is 7.94. The molecule has 1 aromatic heterocycles. The largest absolute Gasteiger partial charge is 0.489 e. The quantitative estimate of drug-likeness (QED) is 0.653. The van der Waals surface area contributed by atoms with Gasteiger partial charge in [-0.1, -0.05) is 12.1 Å². The highest BCUT2D eigenvalue weighted by Crippen LogP contribution is 2.41. The Hall–Kier alpha value is -2.63. The third-order valence-electron chi connectivity index (χ3n) is 4.58. The molecule has 0 unspecified atom stereocenters. The average molecular weight is 423 g/mol. The lowest BCUT2D eigenvalue weighted by atomic mass is 10.2. The first-order valence-electron chi connectivity index (χ1n) is 8.44. The second kappa shape index (κ2) is 6.47. The average Bonchev–Trinajstić information content (AvgIpc) is 3.27. The monoisotopic (exact) mass is 423 g/mol. The van der Waals surface area contributed by atoms with Crippen LogP contribution >= 0.6 is 11.3 Å². The Morgan fingerprint density at radius 1 is 1.29 bits per heavy atom. The lowest BCUT2D eigenvalue weighted by Crippen LogP contribution is -2.37. The third-order valence-corrected chi connectivity index (χ3v) is 7.89. The number of hydrogen-bond acceptors (Lipinski definition) is 7. The van der Waals surface area contributed by atoms with Crippen molar-refractivity contribution in [2.24, 2.45) is 5.73 Å². The lowest BCUT2D eigenvalue weighted by molar-refractivity contribution is -0.125. The standard InChI is InChI=1S/C17H17N3O6S2/c18-14(21)10-9-13(27-15(10)19-16(22)17(23)5-6-17)28(24,25)20-7-8-26-12-4-2-1-3-11(12)20/h1-4,9,23H,5-8H2,(H2,18,21)(H,19,22). The van der Waals surface area contributed by atoms with Crippen LogP contribution in [-0.2, 0) is 14.8 Å². The van der Waals surface area contributed by atoms with Gasteiger partial charge in [-0.25, -0.2) is 8.42 Å². The van der Waals surface area contributed by atoms with E-state index in [-0.39, 0.29) is 27.9 Å². The number of sulfonamides is 1. The molecule has 2 aliphatic rings. The van der Waals surface area contributed by atoms with Crippen molar-refractivity contribution in [3.05, 3.63) is 35.9 Å². The summed E-state index contributed by atoms with van der Waals surface area (Å²) in [5, 5.41) is 12.3. The van der Waals surface area contributed by atoms with Crippen molar-refractivity contribution in [2.75, 3.05) is 22.8 Å². The van der Waals surface area contributed by atoms with Crippen molar-refractivity contribution in [3.8, 4) is 5.75 Å². The van der Waals surface area contributed by atoms with E-state index in [1.807, 2.05) is 0 Å². The van der Waals surface area contributed by atoms with Crippen molar-refractivity contribution in [2.45, 2.75) is 22.7 Å². The Kier molecular flexibility index (Phi) is 4.32. The first-order chi connectivity index (χ1) is 13.2. The number of amides is 2. The molecule has 2 amide bonds. The van der Waals surface area contributed by atoms with Gasteiger partial charge in [-0.3, -0.25) is 13.9 Å². The van der Waals surface area contributed by atoms with Gasteiger partial charge >= 0.3 is 0 Å². The SMILES string of the molecule is NC(=O)c1cc(S(=O)(=O)N2CCOc3ccccc32)sc1NC(=O)C1(O)CC1. The maximum atomic E-state index is 13.2. The minimum atomic E-state index is -4.02. The summed E-state index contributed by atoms with van der Waals surface area (Å²) in [5.74, 6) is -1.12. The number of primary amides is 1. The predicted octanol–water partition coefficient (Wildman–Crippen LogP) is 0.898. The van der Waals surface area contributed by atoms with Crippen molar-refractivity contribution >= 4 is 43.9 Å². The van der Waals surface area contributed by atoms with Crippen LogP contribution in [-0.4, -0.2) is 44.1 Å². The summed E-state index contributed by atoms with van der Waals surface area (Å²) in [5.41, 5.74) is 4.15. The maximum absolute atomic E-state index is 13.2. The molecular formula is C17H17N3O6S2. The number of fused-ring (bicyclic) bond motifs is 1. The molecule has 1 aromatic carbocycles. The van der Waals surface area contributed by atoms with Gasteiger partial charge in [0.15, 0.2) is 0 Å². The van der Waals surface area contributed by atoms with Crippen LogP contribution in [0.2, 0.25) is 0 Å². The number of carbonyl (C=O) groups excluding carboxylic acids is 2. The van der Waals surface area contributed by atoms with Crippen LogP contribution in [0.25, 0.3) is 0 Å². The minimum Gasteiger partial charge on any atom is -0.489 e. The Balaban J connectivity index is 1.72. The highest BCUT2D eigenvalue weighted by atomic mass is 32.2. The maximum Gasteiger partial charge on any atom is 0.274 e. The van der Waals surface area contributed by atoms with Crippen LogP contribution < -0.4 is 20.1 Å². The number of benzene rings is 1.